The van der Waals surface area contributed by atoms with Crippen molar-refractivity contribution in [3.05, 3.63) is 23.8 Å². The third-order valence-electron chi connectivity index (χ3n) is 4.23. The first kappa shape index (κ1) is 16.3. The van der Waals surface area contributed by atoms with Gasteiger partial charge in [-0.05, 0) is 36.5 Å². The van der Waals surface area contributed by atoms with E-state index in [2.05, 4.69) is 19.2 Å². The molecule has 2 rings (SSSR count). The molecule has 1 aromatic carbocycles. The summed E-state index contributed by atoms with van der Waals surface area (Å²) in [5.74, 6) is 0.373. The zero-order chi connectivity index (χ0) is 15.5. The van der Waals surface area contributed by atoms with Crippen molar-refractivity contribution < 1.29 is 8.42 Å². The maximum atomic E-state index is 13.0. The number of benzene rings is 1. The van der Waals surface area contributed by atoms with Crippen molar-refractivity contribution in [1.82, 2.24) is 4.31 Å². The number of rotatable bonds is 6. The van der Waals surface area contributed by atoms with Gasteiger partial charge in [0.1, 0.15) is 0 Å². The number of anilines is 1. The van der Waals surface area contributed by atoms with Crippen LogP contribution in [0.3, 0.4) is 0 Å². The van der Waals surface area contributed by atoms with Gasteiger partial charge in [-0.1, -0.05) is 33.3 Å². The van der Waals surface area contributed by atoms with Crippen LogP contribution in [0.25, 0.3) is 0 Å². The number of fused-ring (bicyclic) bond motifs is 1. The molecule has 1 N–H and O–H groups in total. The highest BCUT2D eigenvalue weighted by molar-refractivity contribution is 7.89. The van der Waals surface area contributed by atoms with Crippen LogP contribution in [0, 0.1) is 5.92 Å². The molecule has 118 valence electrons. The third-order valence-corrected chi connectivity index (χ3v) is 6.26. The molecule has 0 radical (unpaired) electrons. The summed E-state index contributed by atoms with van der Waals surface area (Å²) in [7, 11) is -3.40. The normalized spacial score (nSPS) is 16.4. The Morgan fingerprint density at radius 1 is 1.33 bits per heavy atom. The van der Waals surface area contributed by atoms with Gasteiger partial charge in [-0.2, -0.15) is 4.31 Å². The van der Waals surface area contributed by atoms with Crippen LogP contribution in [0.5, 0.6) is 0 Å². The second-order valence-electron chi connectivity index (χ2n) is 5.78. The summed E-state index contributed by atoms with van der Waals surface area (Å²) in [5.41, 5.74) is 1.92. The standard InChI is InChI=1S/C16H26N2O2S/c1-4-13(3)12-18(5-2)21(19,20)16-10-6-9-15-14(16)8-7-11-17-15/h6,9-10,13,17H,4-5,7-8,11-12H2,1-3H3. The van der Waals surface area contributed by atoms with E-state index in [1.807, 2.05) is 19.1 Å². The van der Waals surface area contributed by atoms with E-state index in [0.29, 0.717) is 23.9 Å². The zero-order valence-electron chi connectivity index (χ0n) is 13.2. The first-order chi connectivity index (χ1) is 10.0. The Hall–Kier alpha value is -1.07. The number of sulfonamides is 1. The molecule has 0 fully saturated rings. The molecular weight excluding hydrogens is 284 g/mol. The van der Waals surface area contributed by atoms with E-state index < -0.39 is 10.0 Å². The van der Waals surface area contributed by atoms with Gasteiger partial charge in [0.2, 0.25) is 10.0 Å². The van der Waals surface area contributed by atoms with Crippen molar-refractivity contribution in [3.8, 4) is 0 Å². The van der Waals surface area contributed by atoms with Gasteiger partial charge >= 0.3 is 0 Å². The van der Waals surface area contributed by atoms with E-state index in [1.165, 1.54) is 0 Å². The van der Waals surface area contributed by atoms with E-state index in [9.17, 15) is 8.42 Å². The minimum absolute atomic E-state index is 0.373. The summed E-state index contributed by atoms with van der Waals surface area (Å²) in [6.45, 7) is 8.13. The van der Waals surface area contributed by atoms with Crippen LogP contribution in [-0.4, -0.2) is 32.4 Å². The highest BCUT2D eigenvalue weighted by Crippen LogP contribution is 2.30. The molecule has 0 aromatic heterocycles. The van der Waals surface area contributed by atoms with Crippen LogP contribution in [0.1, 0.15) is 39.2 Å². The molecule has 5 heteroatoms. The Bertz CT molecular complexity index is 584. The van der Waals surface area contributed by atoms with Crippen LogP contribution >= 0.6 is 0 Å². The van der Waals surface area contributed by atoms with Crippen molar-refractivity contribution in [2.45, 2.75) is 44.9 Å². The third kappa shape index (κ3) is 3.40. The molecular formula is C16H26N2O2S. The van der Waals surface area contributed by atoms with Gasteiger partial charge in [-0.3, -0.25) is 0 Å². The fourth-order valence-electron chi connectivity index (χ4n) is 2.73. The molecule has 0 spiro atoms. The minimum atomic E-state index is -3.40. The predicted molar refractivity (Wildman–Crippen MR) is 87.1 cm³/mol. The Morgan fingerprint density at radius 2 is 2.10 bits per heavy atom. The molecule has 1 aliphatic rings. The maximum absolute atomic E-state index is 13.0. The van der Waals surface area contributed by atoms with Gasteiger partial charge in [0.25, 0.3) is 0 Å². The fourth-order valence-corrected chi connectivity index (χ4v) is 4.57. The largest absolute Gasteiger partial charge is 0.385 e. The lowest BCUT2D eigenvalue weighted by molar-refractivity contribution is 0.361. The smallest absolute Gasteiger partial charge is 0.243 e. The average molecular weight is 310 g/mol. The lowest BCUT2D eigenvalue weighted by Gasteiger charge is -2.27. The SMILES string of the molecule is CCC(C)CN(CC)S(=O)(=O)c1cccc2c1CCCN2. The molecule has 1 aliphatic heterocycles. The van der Waals surface area contributed by atoms with Gasteiger partial charge in [-0.15, -0.1) is 0 Å². The molecule has 1 atom stereocenters. The van der Waals surface area contributed by atoms with E-state index >= 15 is 0 Å². The molecule has 1 unspecified atom stereocenters. The van der Waals surface area contributed by atoms with Crippen LogP contribution in [0.2, 0.25) is 0 Å². The van der Waals surface area contributed by atoms with Crippen molar-refractivity contribution in [2.75, 3.05) is 25.0 Å². The number of nitrogens with one attached hydrogen (secondary N) is 1. The maximum Gasteiger partial charge on any atom is 0.243 e. The highest BCUT2D eigenvalue weighted by atomic mass is 32.2. The molecule has 1 heterocycles. The van der Waals surface area contributed by atoms with E-state index in [1.54, 1.807) is 10.4 Å². The Kier molecular flexibility index (Phi) is 5.27. The van der Waals surface area contributed by atoms with Crippen LogP contribution < -0.4 is 5.32 Å². The van der Waals surface area contributed by atoms with Gasteiger partial charge in [0, 0.05) is 25.3 Å². The lowest BCUT2D eigenvalue weighted by atomic mass is 10.0. The highest BCUT2D eigenvalue weighted by Gasteiger charge is 2.28. The van der Waals surface area contributed by atoms with Crippen molar-refractivity contribution in [1.29, 1.82) is 0 Å². The first-order valence-corrected chi connectivity index (χ1v) is 9.30. The molecule has 0 amide bonds. The van der Waals surface area contributed by atoms with Crippen LogP contribution in [0.15, 0.2) is 23.1 Å². The second kappa shape index (κ2) is 6.79. The summed E-state index contributed by atoms with van der Waals surface area (Å²) in [6, 6.07) is 5.56. The summed E-state index contributed by atoms with van der Waals surface area (Å²) >= 11 is 0. The van der Waals surface area contributed by atoms with Crippen molar-refractivity contribution in [3.63, 3.8) is 0 Å². The summed E-state index contributed by atoms with van der Waals surface area (Å²) in [5, 5.41) is 3.30. The predicted octanol–water partition coefficient (Wildman–Crippen LogP) is 3.10. The molecule has 4 nitrogen and oxygen atoms in total. The average Bonchev–Trinajstić information content (AvgIpc) is 2.51. The lowest BCUT2D eigenvalue weighted by Crippen LogP contribution is -2.35. The summed E-state index contributed by atoms with van der Waals surface area (Å²) in [6.07, 6.45) is 2.80. The fraction of sp³-hybridized carbons (Fsp3) is 0.625. The van der Waals surface area contributed by atoms with E-state index in [4.69, 9.17) is 0 Å². The number of hydrogen-bond donors (Lipinski definition) is 1. The Labute approximate surface area is 128 Å². The Morgan fingerprint density at radius 3 is 2.76 bits per heavy atom. The molecule has 1 aromatic rings. The van der Waals surface area contributed by atoms with E-state index in [-0.39, 0.29) is 0 Å². The quantitative estimate of drug-likeness (QED) is 0.878. The number of nitrogens with zero attached hydrogens (tertiary/aromatic N) is 1. The summed E-state index contributed by atoms with van der Waals surface area (Å²) in [4.78, 5) is 0.484. The second-order valence-corrected chi connectivity index (χ2v) is 7.69. The molecule has 0 saturated heterocycles. The van der Waals surface area contributed by atoms with E-state index in [0.717, 1.165) is 37.1 Å². The Balaban J connectivity index is 2.38. The van der Waals surface area contributed by atoms with Gasteiger partial charge in [-0.25, -0.2) is 8.42 Å². The van der Waals surface area contributed by atoms with Crippen LogP contribution in [0.4, 0.5) is 5.69 Å². The monoisotopic (exact) mass is 310 g/mol. The van der Waals surface area contributed by atoms with Crippen LogP contribution in [-0.2, 0) is 16.4 Å². The zero-order valence-corrected chi connectivity index (χ0v) is 14.0. The molecule has 21 heavy (non-hydrogen) atoms. The number of hydrogen-bond acceptors (Lipinski definition) is 3. The van der Waals surface area contributed by atoms with Crippen molar-refractivity contribution in [2.24, 2.45) is 5.92 Å². The minimum Gasteiger partial charge on any atom is -0.385 e. The van der Waals surface area contributed by atoms with Gasteiger partial charge in [0.05, 0.1) is 4.90 Å². The summed E-state index contributed by atoms with van der Waals surface area (Å²) < 4.78 is 27.6. The van der Waals surface area contributed by atoms with Gasteiger partial charge < -0.3 is 5.32 Å². The molecule has 0 bridgehead atoms. The topological polar surface area (TPSA) is 49.4 Å². The molecule has 0 saturated carbocycles. The van der Waals surface area contributed by atoms with Gasteiger partial charge in [0.15, 0.2) is 0 Å². The first-order valence-electron chi connectivity index (χ1n) is 7.86. The van der Waals surface area contributed by atoms with Crippen molar-refractivity contribution >= 4 is 15.7 Å². The molecule has 0 aliphatic carbocycles.